The summed E-state index contributed by atoms with van der Waals surface area (Å²) in [6, 6.07) is 0. The molecule has 1 saturated heterocycles. The highest BCUT2D eigenvalue weighted by molar-refractivity contribution is 5.69. The second kappa shape index (κ2) is 28.4. The van der Waals surface area contributed by atoms with Crippen molar-refractivity contribution in [1.29, 1.82) is 0 Å². The van der Waals surface area contributed by atoms with Crippen LogP contribution in [0.1, 0.15) is 174 Å². The summed E-state index contributed by atoms with van der Waals surface area (Å²) in [5.41, 5.74) is 0. The maximum atomic E-state index is 11.9. The summed E-state index contributed by atoms with van der Waals surface area (Å²) in [7, 11) is 0. The smallest absolute Gasteiger partial charge is 0.305 e. The van der Waals surface area contributed by atoms with E-state index in [2.05, 4.69) is 26.0 Å². The van der Waals surface area contributed by atoms with Gasteiger partial charge in [0, 0.05) is 12.8 Å². The van der Waals surface area contributed by atoms with Crippen LogP contribution in [0.2, 0.25) is 0 Å². The number of carbonyl (C=O) groups excluding carboxylic acids is 2. The number of epoxide rings is 1. The number of hydrogen-bond donors (Lipinski definition) is 1. The molecule has 0 aromatic heterocycles. The molecule has 1 aliphatic heterocycles. The van der Waals surface area contributed by atoms with Crippen molar-refractivity contribution in [3.05, 3.63) is 12.2 Å². The summed E-state index contributed by atoms with van der Waals surface area (Å²) >= 11 is 0. The first-order chi connectivity index (χ1) is 20.6. The minimum atomic E-state index is -0.968. The summed E-state index contributed by atoms with van der Waals surface area (Å²) in [5, 5.41) is 9.98. The second-order valence-electron chi connectivity index (χ2n) is 12.4. The van der Waals surface area contributed by atoms with Crippen molar-refractivity contribution in [3.63, 3.8) is 0 Å². The molecule has 1 fully saturated rings. The van der Waals surface area contributed by atoms with Gasteiger partial charge in [0.25, 0.3) is 0 Å². The Morgan fingerprint density at radius 1 is 0.619 bits per heavy atom. The van der Waals surface area contributed by atoms with Crippen LogP contribution in [0.25, 0.3) is 0 Å². The van der Waals surface area contributed by atoms with Crippen molar-refractivity contribution in [1.82, 2.24) is 0 Å². The molecule has 6 heteroatoms. The van der Waals surface area contributed by atoms with Crippen LogP contribution < -0.4 is 0 Å². The van der Waals surface area contributed by atoms with E-state index in [0.29, 0.717) is 25.0 Å². The molecule has 0 radical (unpaired) electrons. The number of unbranched alkanes of at least 4 members (excludes halogenated alkanes) is 18. The highest BCUT2D eigenvalue weighted by Crippen LogP contribution is 2.30. The Labute approximate surface area is 258 Å². The molecule has 0 aromatic rings. The van der Waals surface area contributed by atoms with Crippen LogP contribution in [0.4, 0.5) is 0 Å². The maximum absolute atomic E-state index is 11.9. The lowest BCUT2D eigenvalue weighted by atomic mass is 10.0. The number of allylic oxidation sites excluding steroid dienone is 1. The molecule has 0 saturated carbocycles. The zero-order valence-electron chi connectivity index (χ0n) is 27.5. The predicted molar refractivity (Wildman–Crippen MR) is 172 cm³/mol. The zero-order valence-corrected chi connectivity index (χ0v) is 27.5. The third-order valence-corrected chi connectivity index (χ3v) is 8.17. The number of rotatable bonds is 31. The fourth-order valence-corrected chi connectivity index (χ4v) is 5.33. The van der Waals surface area contributed by atoms with E-state index in [0.717, 1.165) is 57.8 Å². The molecule has 1 heterocycles. The van der Waals surface area contributed by atoms with Gasteiger partial charge in [-0.15, -0.1) is 0 Å². The Hall–Kier alpha value is -1.40. The molecule has 42 heavy (non-hydrogen) atoms. The van der Waals surface area contributed by atoms with Crippen molar-refractivity contribution in [2.24, 2.45) is 0 Å². The highest BCUT2D eigenvalue weighted by Gasteiger charge is 2.36. The average Bonchev–Trinajstić information content (AvgIpc) is 3.74. The fraction of sp³-hybridized carbons (Fsp3) is 0.889. The molecule has 0 bridgehead atoms. The van der Waals surface area contributed by atoms with E-state index in [1.54, 1.807) is 0 Å². The molecular weight excluding hydrogens is 528 g/mol. The van der Waals surface area contributed by atoms with E-state index >= 15 is 0 Å². The van der Waals surface area contributed by atoms with Crippen LogP contribution in [-0.4, -0.2) is 48.6 Å². The number of aliphatic hydroxyl groups is 1. The lowest BCUT2D eigenvalue weighted by Gasteiger charge is -2.12. The van der Waals surface area contributed by atoms with Gasteiger partial charge in [-0.3, -0.25) is 9.59 Å². The monoisotopic (exact) mass is 594 g/mol. The third-order valence-electron chi connectivity index (χ3n) is 8.17. The second-order valence-corrected chi connectivity index (χ2v) is 12.4. The molecule has 1 aliphatic rings. The van der Waals surface area contributed by atoms with Gasteiger partial charge in [-0.05, 0) is 38.5 Å². The highest BCUT2D eigenvalue weighted by atomic mass is 16.6. The Kier molecular flexibility index (Phi) is 26.1. The van der Waals surface area contributed by atoms with Gasteiger partial charge in [0.05, 0.1) is 12.2 Å². The van der Waals surface area contributed by atoms with E-state index in [4.69, 9.17) is 14.2 Å². The molecule has 0 aliphatic carbocycles. The number of esters is 2. The summed E-state index contributed by atoms with van der Waals surface area (Å²) in [5.74, 6) is -0.584. The lowest BCUT2D eigenvalue weighted by molar-refractivity contribution is -0.152. The van der Waals surface area contributed by atoms with E-state index in [-0.39, 0.29) is 25.2 Å². The zero-order chi connectivity index (χ0) is 30.5. The Balaban J connectivity index is 1.83. The van der Waals surface area contributed by atoms with Gasteiger partial charge in [0.15, 0.2) is 0 Å². The molecule has 3 atom stereocenters. The molecule has 0 aromatic carbocycles. The van der Waals surface area contributed by atoms with Crippen molar-refractivity contribution in [3.8, 4) is 0 Å². The van der Waals surface area contributed by atoms with Gasteiger partial charge in [-0.2, -0.15) is 0 Å². The molecule has 2 unspecified atom stereocenters. The summed E-state index contributed by atoms with van der Waals surface area (Å²) < 4.78 is 16.1. The van der Waals surface area contributed by atoms with Gasteiger partial charge in [-0.25, -0.2) is 0 Å². The topological polar surface area (TPSA) is 85.4 Å². The molecule has 246 valence electrons. The first kappa shape index (κ1) is 38.6. The Morgan fingerprint density at radius 3 is 1.60 bits per heavy atom. The van der Waals surface area contributed by atoms with Gasteiger partial charge < -0.3 is 19.3 Å². The summed E-state index contributed by atoms with van der Waals surface area (Å²) in [4.78, 5) is 23.8. The summed E-state index contributed by atoms with van der Waals surface area (Å²) in [6.45, 7) is 4.24. The van der Waals surface area contributed by atoms with Crippen LogP contribution in [0.5, 0.6) is 0 Å². The van der Waals surface area contributed by atoms with Gasteiger partial charge >= 0.3 is 11.9 Å². The van der Waals surface area contributed by atoms with E-state index in [1.807, 2.05) is 0 Å². The number of ether oxygens (including phenoxy) is 3. The normalized spacial score (nSPS) is 17.0. The van der Waals surface area contributed by atoms with E-state index in [9.17, 15) is 14.7 Å². The third kappa shape index (κ3) is 25.1. The Morgan fingerprint density at radius 2 is 1.07 bits per heavy atom. The van der Waals surface area contributed by atoms with Crippen LogP contribution >= 0.6 is 0 Å². The average molecular weight is 595 g/mol. The van der Waals surface area contributed by atoms with Crippen molar-refractivity contribution < 1.29 is 28.9 Å². The largest absolute Gasteiger partial charge is 0.463 e. The van der Waals surface area contributed by atoms with Crippen molar-refractivity contribution in [2.75, 3.05) is 13.2 Å². The first-order valence-corrected chi connectivity index (χ1v) is 17.9. The molecular formula is C36H66O6. The fourth-order valence-electron chi connectivity index (χ4n) is 5.33. The SMILES string of the molecule is CCCCC/C=C\CC1OC1CCCCCCCC(=O)OC[C@H](O)COC(=O)CCCCCCCCCCCCCC. The number of aliphatic hydroxyl groups excluding tert-OH is 1. The minimum absolute atomic E-state index is 0.120. The van der Waals surface area contributed by atoms with E-state index in [1.165, 1.54) is 89.9 Å². The molecule has 1 rings (SSSR count). The molecule has 0 spiro atoms. The van der Waals surface area contributed by atoms with Crippen LogP contribution in [0.15, 0.2) is 12.2 Å². The predicted octanol–water partition coefficient (Wildman–Crippen LogP) is 9.55. The molecule has 0 amide bonds. The Bertz CT molecular complexity index is 663. The molecule has 1 N–H and O–H groups in total. The number of carbonyl (C=O) groups is 2. The minimum Gasteiger partial charge on any atom is -0.463 e. The van der Waals surface area contributed by atoms with E-state index < -0.39 is 6.10 Å². The van der Waals surface area contributed by atoms with Crippen molar-refractivity contribution >= 4 is 11.9 Å². The van der Waals surface area contributed by atoms with Gasteiger partial charge in [0.1, 0.15) is 19.3 Å². The summed E-state index contributed by atoms with van der Waals surface area (Å²) in [6.07, 6.45) is 32.8. The molecule has 6 nitrogen and oxygen atoms in total. The first-order valence-electron chi connectivity index (χ1n) is 17.9. The van der Waals surface area contributed by atoms with Gasteiger partial charge in [-0.1, -0.05) is 135 Å². The standard InChI is InChI=1S/C36H66O6/c1-3-5-7-9-11-12-13-14-15-16-20-24-28-35(38)40-30-32(37)31-41-36(39)29-25-21-17-19-23-27-34-33(42-34)26-22-18-10-8-6-4-2/h18,22,32-34,37H,3-17,19-21,23-31H2,1-2H3/b22-18-/t32-,33?,34?/m1/s1. The number of hydrogen-bond acceptors (Lipinski definition) is 6. The van der Waals surface area contributed by atoms with Crippen molar-refractivity contribution in [2.45, 2.75) is 193 Å². The van der Waals surface area contributed by atoms with Crippen LogP contribution in [0.3, 0.4) is 0 Å². The maximum Gasteiger partial charge on any atom is 0.305 e. The lowest BCUT2D eigenvalue weighted by Crippen LogP contribution is -2.25. The quantitative estimate of drug-likeness (QED) is 0.0372. The van der Waals surface area contributed by atoms with Crippen LogP contribution in [-0.2, 0) is 23.8 Å². The van der Waals surface area contributed by atoms with Gasteiger partial charge in [0.2, 0.25) is 0 Å². The van der Waals surface area contributed by atoms with Crippen LogP contribution in [0, 0.1) is 0 Å².